The van der Waals surface area contributed by atoms with E-state index in [2.05, 4.69) is 34.9 Å². The van der Waals surface area contributed by atoms with Gasteiger partial charge in [0.25, 0.3) is 0 Å². The Hall–Kier alpha value is -1.89. The third-order valence-electron chi connectivity index (χ3n) is 6.03. The van der Waals surface area contributed by atoms with Crippen LogP contribution in [0.4, 0.5) is 10.5 Å². The van der Waals surface area contributed by atoms with Crippen LogP contribution >= 0.6 is 11.8 Å². The SMILES string of the molecule is CCCCCCCCCCSCCCCCCCCCCC(=O)NNC(=O)Nc1ccc(O)cc1. The van der Waals surface area contributed by atoms with Crippen LogP contribution in [-0.2, 0) is 4.79 Å². The summed E-state index contributed by atoms with van der Waals surface area (Å²) >= 11 is 2.13. The summed E-state index contributed by atoms with van der Waals surface area (Å²) in [5.41, 5.74) is 5.30. The molecule has 0 aliphatic carbocycles. The van der Waals surface area contributed by atoms with Crippen LogP contribution in [0.3, 0.4) is 0 Å². The number of benzene rings is 1. The minimum atomic E-state index is -0.518. The molecule has 0 saturated carbocycles. The standard InChI is InChI=1S/C28H49N3O3S/c1-2-3-4-5-6-10-13-16-23-35-24-17-14-11-8-7-9-12-15-18-27(33)30-31-28(34)29-25-19-21-26(32)22-20-25/h19-22,32H,2-18,23-24H2,1H3,(H,30,33)(H2,29,31,34). The molecule has 0 spiro atoms. The zero-order valence-electron chi connectivity index (χ0n) is 21.9. The zero-order valence-corrected chi connectivity index (χ0v) is 22.7. The lowest BCUT2D eigenvalue weighted by Gasteiger charge is -2.09. The van der Waals surface area contributed by atoms with Crippen molar-refractivity contribution in [1.82, 2.24) is 10.9 Å². The Labute approximate surface area is 217 Å². The van der Waals surface area contributed by atoms with Crippen LogP contribution < -0.4 is 16.2 Å². The molecule has 0 aromatic heterocycles. The number of anilines is 1. The van der Waals surface area contributed by atoms with Crippen molar-refractivity contribution in [3.05, 3.63) is 24.3 Å². The highest BCUT2D eigenvalue weighted by Gasteiger charge is 2.05. The Morgan fingerprint density at radius 1 is 0.686 bits per heavy atom. The molecule has 1 aromatic rings. The molecule has 0 saturated heterocycles. The molecular weight excluding hydrogens is 458 g/mol. The molecule has 6 nitrogen and oxygen atoms in total. The lowest BCUT2D eigenvalue weighted by molar-refractivity contribution is -0.121. The first-order valence-corrected chi connectivity index (χ1v) is 15.0. The van der Waals surface area contributed by atoms with E-state index in [0.717, 1.165) is 19.3 Å². The Balaban J connectivity index is 1.79. The average Bonchev–Trinajstić information content (AvgIpc) is 2.85. The number of hydrogen-bond acceptors (Lipinski definition) is 4. The van der Waals surface area contributed by atoms with Crippen molar-refractivity contribution in [2.24, 2.45) is 0 Å². The van der Waals surface area contributed by atoms with E-state index in [9.17, 15) is 14.7 Å². The Kier molecular flexibility index (Phi) is 20.1. The van der Waals surface area contributed by atoms with Gasteiger partial charge in [0, 0.05) is 12.1 Å². The third-order valence-corrected chi connectivity index (χ3v) is 7.18. The smallest absolute Gasteiger partial charge is 0.337 e. The van der Waals surface area contributed by atoms with Crippen LogP contribution in [0.1, 0.15) is 116 Å². The second kappa shape index (κ2) is 22.6. The van der Waals surface area contributed by atoms with Crippen LogP contribution in [0.25, 0.3) is 0 Å². The summed E-state index contributed by atoms with van der Waals surface area (Å²) < 4.78 is 0. The third kappa shape index (κ3) is 20.0. The fraction of sp³-hybridized carbons (Fsp3) is 0.714. The monoisotopic (exact) mass is 507 g/mol. The predicted molar refractivity (Wildman–Crippen MR) is 150 cm³/mol. The molecule has 0 heterocycles. The predicted octanol–water partition coefficient (Wildman–Crippen LogP) is 7.93. The molecule has 1 aromatic carbocycles. The minimum absolute atomic E-state index is 0.128. The van der Waals surface area contributed by atoms with E-state index >= 15 is 0 Å². The van der Waals surface area contributed by atoms with Gasteiger partial charge in [-0.25, -0.2) is 10.2 Å². The zero-order chi connectivity index (χ0) is 25.4. The maximum atomic E-state index is 11.8. The van der Waals surface area contributed by atoms with Crippen molar-refractivity contribution in [3.8, 4) is 5.75 Å². The Morgan fingerprint density at radius 2 is 1.17 bits per heavy atom. The molecule has 3 amide bonds. The number of aromatic hydroxyl groups is 1. The molecule has 4 N–H and O–H groups in total. The van der Waals surface area contributed by atoms with Gasteiger partial charge in [0.05, 0.1) is 0 Å². The van der Waals surface area contributed by atoms with Crippen LogP contribution in [0, 0.1) is 0 Å². The van der Waals surface area contributed by atoms with Gasteiger partial charge in [-0.1, -0.05) is 90.4 Å². The first kappa shape index (κ1) is 31.1. The second-order valence-electron chi connectivity index (χ2n) is 9.34. The number of urea groups is 1. The van der Waals surface area contributed by atoms with Gasteiger partial charge in [0.1, 0.15) is 5.75 Å². The largest absolute Gasteiger partial charge is 0.508 e. The van der Waals surface area contributed by atoms with Crippen molar-refractivity contribution in [2.45, 2.75) is 116 Å². The van der Waals surface area contributed by atoms with Crippen LogP contribution in [-0.4, -0.2) is 28.6 Å². The van der Waals surface area contributed by atoms with E-state index < -0.39 is 6.03 Å². The maximum absolute atomic E-state index is 11.8. The number of thioether (sulfide) groups is 1. The summed E-state index contributed by atoms with van der Waals surface area (Å²) in [6.07, 6.45) is 21.2. The number of hydrogen-bond donors (Lipinski definition) is 4. The van der Waals surface area contributed by atoms with E-state index in [1.54, 1.807) is 12.1 Å². The summed E-state index contributed by atoms with van der Waals surface area (Å²) in [5, 5.41) is 11.8. The van der Waals surface area contributed by atoms with E-state index in [0.29, 0.717) is 12.1 Å². The molecular formula is C28H49N3O3S. The molecule has 0 bridgehead atoms. The van der Waals surface area contributed by atoms with E-state index in [-0.39, 0.29) is 11.7 Å². The number of carbonyl (C=O) groups excluding carboxylic acids is 2. The Morgan fingerprint density at radius 3 is 1.71 bits per heavy atom. The summed E-state index contributed by atoms with van der Waals surface area (Å²) in [6, 6.07) is 5.60. The average molecular weight is 508 g/mol. The number of hydrazine groups is 1. The van der Waals surface area contributed by atoms with E-state index in [1.807, 2.05) is 0 Å². The lowest BCUT2D eigenvalue weighted by Crippen LogP contribution is -2.43. The highest BCUT2D eigenvalue weighted by molar-refractivity contribution is 7.99. The number of phenolic OH excluding ortho intramolecular Hbond substituents is 1. The van der Waals surface area contributed by atoms with Gasteiger partial charge in [-0.15, -0.1) is 0 Å². The van der Waals surface area contributed by atoms with Crippen LogP contribution in [0.5, 0.6) is 5.75 Å². The summed E-state index contributed by atoms with van der Waals surface area (Å²) in [5.74, 6) is 2.59. The summed E-state index contributed by atoms with van der Waals surface area (Å²) in [4.78, 5) is 23.6. The van der Waals surface area contributed by atoms with Gasteiger partial charge in [0.2, 0.25) is 5.91 Å². The van der Waals surface area contributed by atoms with Gasteiger partial charge in [-0.2, -0.15) is 11.8 Å². The molecule has 0 aliphatic heterocycles. The molecule has 0 unspecified atom stereocenters. The number of carbonyl (C=O) groups is 2. The molecule has 0 aliphatic rings. The van der Waals surface area contributed by atoms with Crippen molar-refractivity contribution in [1.29, 1.82) is 0 Å². The number of unbranched alkanes of at least 4 members (excludes halogenated alkanes) is 14. The fourth-order valence-electron chi connectivity index (χ4n) is 3.89. The van der Waals surface area contributed by atoms with Gasteiger partial charge in [0.15, 0.2) is 0 Å². The van der Waals surface area contributed by atoms with Gasteiger partial charge in [-0.05, 0) is 55.0 Å². The minimum Gasteiger partial charge on any atom is -0.508 e. The van der Waals surface area contributed by atoms with Crippen LogP contribution in [0.2, 0.25) is 0 Å². The quantitative estimate of drug-likeness (QED) is 0.0772. The van der Waals surface area contributed by atoms with Gasteiger partial charge < -0.3 is 10.4 Å². The first-order chi connectivity index (χ1) is 17.1. The van der Waals surface area contributed by atoms with Crippen molar-refractivity contribution < 1.29 is 14.7 Å². The van der Waals surface area contributed by atoms with Gasteiger partial charge >= 0.3 is 6.03 Å². The molecule has 0 radical (unpaired) electrons. The highest BCUT2D eigenvalue weighted by atomic mass is 32.2. The summed E-state index contributed by atoms with van der Waals surface area (Å²) in [7, 11) is 0. The Bertz CT molecular complexity index is 655. The highest BCUT2D eigenvalue weighted by Crippen LogP contribution is 2.15. The topological polar surface area (TPSA) is 90.5 Å². The normalized spacial score (nSPS) is 10.8. The van der Waals surface area contributed by atoms with Crippen molar-refractivity contribution in [3.63, 3.8) is 0 Å². The number of amides is 3. The number of phenols is 1. The fourth-order valence-corrected chi connectivity index (χ4v) is 4.91. The van der Waals surface area contributed by atoms with Gasteiger partial charge in [-0.3, -0.25) is 10.2 Å². The van der Waals surface area contributed by atoms with Crippen molar-refractivity contribution in [2.75, 3.05) is 16.8 Å². The molecule has 7 heteroatoms. The summed E-state index contributed by atoms with van der Waals surface area (Å²) in [6.45, 7) is 2.27. The van der Waals surface area contributed by atoms with Crippen LogP contribution in [0.15, 0.2) is 24.3 Å². The second-order valence-corrected chi connectivity index (χ2v) is 10.6. The first-order valence-electron chi connectivity index (χ1n) is 13.8. The molecule has 35 heavy (non-hydrogen) atoms. The molecule has 200 valence electrons. The van der Waals surface area contributed by atoms with E-state index in [4.69, 9.17) is 0 Å². The number of rotatable bonds is 21. The molecule has 1 rings (SSSR count). The number of nitrogens with one attached hydrogen (secondary N) is 3. The van der Waals surface area contributed by atoms with E-state index in [1.165, 1.54) is 107 Å². The van der Waals surface area contributed by atoms with Crippen molar-refractivity contribution >= 4 is 29.4 Å². The maximum Gasteiger partial charge on any atom is 0.337 e. The molecule has 0 atom stereocenters. The lowest BCUT2D eigenvalue weighted by atomic mass is 10.1. The molecule has 0 fully saturated rings.